The summed E-state index contributed by atoms with van der Waals surface area (Å²) in [5.41, 5.74) is 4.93. The third-order valence-corrected chi connectivity index (χ3v) is 5.93. The Kier molecular flexibility index (Phi) is 5.73. The molecule has 1 fully saturated rings. The summed E-state index contributed by atoms with van der Waals surface area (Å²) in [6.45, 7) is 4.98. The number of hydrogen-bond donors (Lipinski definition) is 0. The first kappa shape index (κ1) is 20.4. The summed E-state index contributed by atoms with van der Waals surface area (Å²) < 4.78 is 7.22. The van der Waals surface area contributed by atoms with Gasteiger partial charge in [0.25, 0.3) is 5.91 Å². The number of carbonyl (C=O) groups excluding carboxylic acids is 1. The van der Waals surface area contributed by atoms with Crippen LogP contribution in [0.2, 0.25) is 5.02 Å². The molecular weight excluding hydrogens is 398 g/mol. The molecule has 30 heavy (non-hydrogen) atoms. The monoisotopic (exact) mass is 423 g/mol. The van der Waals surface area contributed by atoms with Gasteiger partial charge >= 0.3 is 0 Å². The molecule has 0 bridgehead atoms. The van der Waals surface area contributed by atoms with Gasteiger partial charge < -0.3 is 19.1 Å². The van der Waals surface area contributed by atoms with Crippen LogP contribution >= 0.6 is 11.6 Å². The van der Waals surface area contributed by atoms with Crippen LogP contribution in [0.4, 0.5) is 5.69 Å². The van der Waals surface area contributed by atoms with Crippen molar-refractivity contribution in [2.24, 2.45) is 7.05 Å². The van der Waals surface area contributed by atoms with E-state index in [1.807, 2.05) is 72.1 Å². The zero-order valence-electron chi connectivity index (χ0n) is 17.6. The molecule has 6 heteroatoms. The molecule has 1 aliphatic rings. The van der Waals surface area contributed by atoms with Crippen molar-refractivity contribution in [3.8, 4) is 16.9 Å². The standard InChI is InChI=1S/C24H26ClN3O2/c1-17-16-26(2)23(22(17)18-7-9-21(30-3)10-8-18)24(29)28-13-11-27(12-14-28)20-6-4-5-19(25)15-20/h4-10,15-16H,11-14H2,1-3H3. The number of aromatic nitrogens is 1. The first-order chi connectivity index (χ1) is 14.5. The van der Waals surface area contributed by atoms with E-state index in [0.29, 0.717) is 13.1 Å². The molecule has 2 heterocycles. The van der Waals surface area contributed by atoms with Gasteiger partial charge in [-0.15, -0.1) is 0 Å². The summed E-state index contributed by atoms with van der Waals surface area (Å²) in [5.74, 6) is 0.875. The number of aryl methyl sites for hydroxylation is 2. The minimum absolute atomic E-state index is 0.0714. The van der Waals surface area contributed by atoms with Crippen LogP contribution in [0.15, 0.2) is 54.7 Å². The summed E-state index contributed by atoms with van der Waals surface area (Å²) in [6, 6.07) is 15.8. The van der Waals surface area contributed by atoms with Crippen molar-refractivity contribution in [3.05, 3.63) is 71.0 Å². The number of carbonyl (C=O) groups is 1. The van der Waals surface area contributed by atoms with Crippen molar-refractivity contribution in [1.82, 2.24) is 9.47 Å². The molecule has 1 amide bonds. The quantitative estimate of drug-likeness (QED) is 0.614. The van der Waals surface area contributed by atoms with E-state index in [-0.39, 0.29) is 5.91 Å². The van der Waals surface area contributed by atoms with Gasteiger partial charge in [-0.05, 0) is 48.4 Å². The minimum atomic E-state index is 0.0714. The van der Waals surface area contributed by atoms with Crippen molar-refractivity contribution in [2.75, 3.05) is 38.2 Å². The van der Waals surface area contributed by atoms with E-state index in [9.17, 15) is 4.79 Å². The van der Waals surface area contributed by atoms with Gasteiger partial charge in [0.15, 0.2) is 0 Å². The topological polar surface area (TPSA) is 37.7 Å². The Hall–Kier alpha value is -2.92. The molecule has 4 rings (SSSR count). The van der Waals surface area contributed by atoms with Crippen LogP contribution in [0.3, 0.4) is 0 Å². The van der Waals surface area contributed by atoms with E-state index in [2.05, 4.69) is 11.0 Å². The fraction of sp³-hybridized carbons (Fsp3) is 0.292. The highest BCUT2D eigenvalue weighted by molar-refractivity contribution is 6.30. The van der Waals surface area contributed by atoms with Crippen LogP contribution in [0.25, 0.3) is 11.1 Å². The number of ether oxygens (including phenoxy) is 1. The zero-order valence-corrected chi connectivity index (χ0v) is 18.3. The van der Waals surface area contributed by atoms with E-state index in [1.165, 1.54) is 0 Å². The first-order valence-corrected chi connectivity index (χ1v) is 10.5. The van der Waals surface area contributed by atoms with Crippen molar-refractivity contribution < 1.29 is 9.53 Å². The Morgan fingerprint density at radius 3 is 2.37 bits per heavy atom. The van der Waals surface area contributed by atoms with E-state index in [4.69, 9.17) is 16.3 Å². The Balaban J connectivity index is 1.55. The van der Waals surface area contributed by atoms with Gasteiger partial charge in [-0.25, -0.2) is 0 Å². The number of hydrogen-bond acceptors (Lipinski definition) is 3. The van der Waals surface area contributed by atoms with E-state index >= 15 is 0 Å². The Bertz CT molecular complexity index is 1050. The number of anilines is 1. The van der Waals surface area contributed by atoms with E-state index in [0.717, 1.165) is 51.9 Å². The molecule has 5 nitrogen and oxygen atoms in total. The largest absolute Gasteiger partial charge is 0.497 e. The van der Waals surface area contributed by atoms with Gasteiger partial charge in [0, 0.05) is 55.7 Å². The molecule has 0 N–H and O–H groups in total. The van der Waals surface area contributed by atoms with Crippen LogP contribution in [0, 0.1) is 6.92 Å². The van der Waals surface area contributed by atoms with Gasteiger partial charge in [0.1, 0.15) is 11.4 Å². The number of rotatable bonds is 4. The maximum Gasteiger partial charge on any atom is 0.271 e. The lowest BCUT2D eigenvalue weighted by Gasteiger charge is -2.36. The Labute approximate surface area is 182 Å². The van der Waals surface area contributed by atoms with E-state index in [1.54, 1.807) is 7.11 Å². The number of nitrogens with zero attached hydrogens (tertiary/aromatic N) is 3. The normalized spacial score (nSPS) is 14.1. The van der Waals surface area contributed by atoms with Gasteiger partial charge in [-0.3, -0.25) is 4.79 Å². The minimum Gasteiger partial charge on any atom is -0.497 e. The fourth-order valence-electron chi connectivity index (χ4n) is 4.15. The van der Waals surface area contributed by atoms with Crippen LogP contribution in [-0.4, -0.2) is 48.7 Å². The smallest absolute Gasteiger partial charge is 0.271 e. The van der Waals surface area contributed by atoms with Gasteiger partial charge in [-0.1, -0.05) is 29.8 Å². The average molecular weight is 424 g/mol. The van der Waals surface area contributed by atoms with Crippen LogP contribution in [0.5, 0.6) is 5.75 Å². The first-order valence-electron chi connectivity index (χ1n) is 10.1. The number of methoxy groups -OCH3 is 1. The van der Waals surface area contributed by atoms with Crippen LogP contribution in [0.1, 0.15) is 16.1 Å². The summed E-state index contributed by atoms with van der Waals surface area (Å²) in [4.78, 5) is 17.7. The molecule has 1 aromatic heterocycles. The summed E-state index contributed by atoms with van der Waals surface area (Å²) in [5, 5.41) is 0.731. The molecule has 0 aliphatic carbocycles. The van der Waals surface area contributed by atoms with Gasteiger partial charge in [0.2, 0.25) is 0 Å². The predicted octanol–water partition coefficient (Wildman–Crippen LogP) is 4.62. The lowest BCUT2D eigenvalue weighted by Crippen LogP contribution is -2.49. The highest BCUT2D eigenvalue weighted by Crippen LogP contribution is 2.31. The van der Waals surface area contributed by atoms with Crippen molar-refractivity contribution in [2.45, 2.75) is 6.92 Å². The molecule has 0 saturated carbocycles. The Morgan fingerprint density at radius 2 is 1.73 bits per heavy atom. The predicted molar refractivity (Wildman–Crippen MR) is 122 cm³/mol. The van der Waals surface area contributed by atoms with Crippen molar-refractivity contribution >= 4 is 23.2 Å². The van der Waals surface area contributed by atoms with Crippen molar-refractivity contribution in [3.63, 3.8) is 0 Å². The molecule has 0 atom stereocenters. The molecule has 2 aromatic carbocycles. The lowest BCUT2D eigenvalue weighted by atomic mass is 10.0. The second-order valence-electron chi connectivity index (χ2n) is 7.63. The van der Waals surface area contributed by atoms with Crippen LogP contribution in [-0.2, 0) is 7.05 Å². The van der Waals surface area contributed by atoms with Crippen LogP contribution < -0.4 is 9.64 Å². The zero-order chi connectivity index (χ0) is 21.3. The molecule has 1 aliphatic heterocycles. The number of amides is 1. The maximum atomic E-state index is 13.5. The van der Waals surface area contributed by atoms with Gasteiger partial charge in [0.05, 0.1) is 7.11 Å². The average Bonchev–Trinajstić information content (AvgIpc) is 3.07. The SMILES string of the molecule is COc1ccc(-c2c(C)cn(C)c2C(=O)N2CCN(c3cccc(Cl)c3)CC2)cc1. The third-order valence-electron chi connectivity index (χ3n) is 5.69. The highest BCUT2D eigenvalue weighted by atomic mass is 35.5. The Morgan fingerprint density at radius 1 is 1.03 bits per heavy atom. The molecule has 156 valence electrons. The molecular formula is C24H26ClN3O2. The van der Waals surface area contributed by atoms with E-state index < -0.39 is 0 Å². The summed E-state index contributed by atoms with van der Waals surface area (Å²) in [6.07, 6.45) is 2.02. The highest BCUT2D eigenvalue weighted by Gasteiger charge is 2.27. The molecule has 0 spiro atoms. The lowest BCUT2D eigenvalue weighted by molar-refractivity contribution is 0.0738. The van der Waals surface area contributed by atoms with Crippen molar-refractivity contribution in [1.29, 1.82) is 0 Å². The fourth-order valence-corrected chi connectivity index (χ4v) is 4.34. The van der Waals surface area contributed by atoms with Gasteiger partial charge in [-0.2, -0.15) is 0 Å². The summed E-state index contributed by atoms with van der Waals surface area (Å²) >= 11 is 6.14. The number of piperazine rings is 1. The third kappa shape index (κ3) is 3.90. The molecule has 0 unspecified atom stereocenters. The number of benzene rings is 2. The molecule has 1 saturated heterocycles. The summed E-state index contributed by atoms with van der Waals surface area (Å²) in [7, 11) is 3.59. The maximum absolute atomic E-state index is 13.5. The second kappa shape index (κ2) is 8.44. The molecule has 3 aromatic rings. The second-order valence-corrected chi connectivity index (χ2v) is 8.07. The number of halogens is 1. The molecule has 0 radical (unpaired) electrons.